The topological polar surface area (TPSA) is 102 Å². The molecular weight excluding hydrogens is 492 g/mol. The molecule has 0 heterocycles. The molecule has 0 atom stereocenters. The molecule has 1 N–H and O–H groups in total. The van der Waals surface area contributed by atoms with Crippen LogP contribution in [0.3, 0.4) is 0 Å². The maximum absolute atomic E-state index is 13.5. The number of ether oxygens (including phenoxy) is 2. The maximum Gasteiger partial charge on any atom is 0.339 e. The first-order valence-electron chi connectivity index (χ1n) is 10.7. The van der Waals surface area contributed by atoms with Crippen molar-refractivity contribution in [1.29, 1.82) is 0 Å². The molecule has 3 aromatic carbocycles. The fourth-order valence-electron chi connectivity index (χ4n) is 3.20. The van der Waals surface area contributed by atoms with Gasteiger partial charge >= 0.3 is 5.97 Å². The van der Waals surface area contributed by atoms with Gasteiger partial charge in [0.15, 0.2) is 0 Å². The summed E-state index contributed by atoms with van der Waals surface area (Å²) in [5, 5.41) is 2.80. The van der Waals surface area contributed by atoms with Crippen molar-refractivity contribution in [2.75, 3.05) is 29.9 Å². The molecule has 0 saturated heterocycles. The number of hydrogen-bond donors (Lipinski definition) is 1. The van der Waals surface area contributed by atoms with Crippen molar-refractivity contribution in [2.45, 2.75) is 18.7 Å². The van der Waals surface area contributed by atoms with Gasteiger partial charge in [-0.1, -0.05) is 29.3 Å². The molecule has 3 rings (SSSR count). The Balaban J connectivity index is 1.91. The zero-order valence-corrected chi connectivity index (χ0v) is 21.0. The lowest BCUT2D eigenvalue weighted by atomic mass is 10.2. The molecular formula is C25H25ClN2O6S. The van der Waals surface area contributed by atoms with Crippen molar-refractivity contribution in [3.05, 3.63) is 82.9 Å². The van der Waals surface area contributed by atoms with E-state index in [1.807, 2.05) is 6.92 Å². The third kappa shape index (κ3) is 6.32. The Morgan fingerprint density at radius 2 is 1.66 bits per heavy atom. The van der Waals surface area contributed by atoms with Crippen LogP contribution in [-0.2, 0) is 19.6 Å². The van der Waals surface area contributed by atoms with E-state index < -0.39 is 28.4 Å². The average Bonchev–Trinajstić information content (AvgIpc) is 2.84. The number of methoxy groups -OCH3 is 1. The van der Waals surface area contributed by atoms with E-state index in [4.69, 9.17) is 21.1 Å². The van der Waals surface area contributed by atoms with Gasteiger partial charge in [0.05, 0.1) is 34.9 Å². The van der Waals surface area contributed by atoms with E-state index in [-0.39, 0.29) is 33.5 Å². The van der Waals surface area contributed by atoms with Crippen molar-refractivity contribution in [3.8, 4) is 5.75 Å². The number of benzene rings is 3. The van der Waals surface area contributed by atoms with Crippen LogP contribution >= 0.6 is 11.6 Å². The number of halogens is 1. The summed E-state index contributed by atoms with van der Waals surface area (Å²) < 4.78 is 38.1. The second-order valence-corrected chi connectivity index (χ2v) is 9.76. The fraction of sp³-hybridized carbons (Fsp3) is 0.200. The van der Waals surface area contributed by atoms with E-state index in [2.05, 4.69) is 5.32 Å². The average molecular weight is 517 g/mol. The number of hydrogen-bond acceptors (Lipinski definition) is 6. The van der Waals surface area contributed by atoms with Gasteiger partial charge in [-0.3, -0.25) is 9.10 Å². The number of amides is 1. The molecule has 1 amide bonds. The van der Waals surface area contributed by atoms with Crippen molar-refractivity contribution >= 4 is 44.9 Å². The minimum absolute atomic E-state index is 0.0443. The Hall–Kier alpha value is -3.56. The number of sulfonamides is 1. The van der Waals surface area contributed by atoms with Crippen LogP contribution in [0, 0.1) is 6.92 Å². The molecule has 0 radical (unpaired) electrons. The second kappa shape index (κ2) is 11.2. The van der Waals surface area contributed by atoms with Crippen molar-refractivity contribution in [2.24, 2.45) is 0 Å². The standard InChI is InChI=1S/C25H25ClN2O6S/c1-4-34-25(30)22-15-18(7-14-23(22)26)27-24(29)16-28(19-8-10-20(33-3)11-9-19)35(31,32)21-12-5-17(2)6-13-21/h5-15H,4,16H2,1-3H3,(H,27,29). The van der Waals surface area contributed by atoms with Crippen molar-refractivity contribution < 1.29 is 27.5 Å². The van der Waals surface area contributed by atoms with Crippen LogP contribution in [0.25, 0.3) is 0 Å². The lowest BCUT2D eigenvalue weighted by Crippen LogP contribution is -2.38. The van der Waals surface area contributed by atoms with E-state index in [9.17, 15) is 18.0 Å². The number of rotatable bonds is 9. The monoisotopic (exact) mass is 516 g/mol. The van der Waals surface area contributed by atoms with E-state index in [1.165, 1.54) is 37.4 Å². The maximum atomic E-state index is 13.5. The van der Waals surface area contributed by atoms with Gasteiger partial charge in [-0.15, -0.1) is 0 Å². The van der Waals surface area contributed by atoms with E-state index >= 15 is 0 Å². The molecule has 0 saturated carbocycles. The summed E-state index contributed by atoms with van der Waals surface area (Å²) in [7, 11) is -2.58. The SMILES string of the molecule is CCOC(=O)c1cc(NC(=O)CN(c2ccc(OC)cc2)S(=O)(=O)c2ccc(C)cc2)ccc1Cl. The quantitative estimate of drug-likeness (QED) is 0.415. The summed E-state index contributed by atoms with van der Waals surface area (Å²) in [5.41, 5.74) is 1.54. The zero-order chi connectivity index (χ0) is 25.6. The molecule has 0 aliphatic heterocycles. The molecule has 3 aromatic rings. The summed E-state index contributed by atoms with van der Waals surface area (Å²) in [6, 6.07) is 17.0. The van der Waals surface area contributed by atoms with Gasteiger partial charge in [-0.25, -0.2) is 13.2 Å². The van der Waals surface area contributed by atoms with Gasteiger partial charge in [0.25, 0.3) is 10.0 Å². The highest BCUT2D eigenvalue weighted by molar-refractivity contribution is 7.92. The number of nitrogens with one attached hydrogen (secondary N) is 1. The molecule has 10 heteroatoms. The normalized spacial score (nSPS) is 11.0. The predicted molar refractivity (Wildman–Crippen MR) is 135 cm³/mol. The Labute approximate surface area is 209 Å². The van der Waals surface area contributed by atoms with Crippen LogP contribution in [0.2, 0.25) is 5.02 Å². The summed E-state index contributed by atoms with van der Waals surface area (Å²) in [4.78, 5) is 25.1. The van der Waals surface area contributed by atoms with Crippen molar-refractivity contribution in [3.63, 3.8) is 0 Å². The Kier molecular flexibility index (Phi) is 8.37. The molecule has 0 bridgehead atoms. The van der Waals surface area contributed by atoms with Crippen LogP contribution in [0.5, 0.6) is 5.75 Å². The fourth-order valence-corrected chi connectivity index (χ4v) is 4.82. The first-order chi connectivity index (χ1) is 16.6. The number of esters is 1. The van der Waals surface area contributed by atoms with Gasteiger partial charge in [0.1, 0.15) is 12.3 Å². The van der Waals surface area contributed by atoms with Crippen LogP contribution in [-0.4, -0.2) is 40.6 Å². The lowest BCUT2D eigenvalue weighted by Gasteiger charge is -2.24. The molecule has 0 aromatic heterocycles. The molecule has 184 valence electrons. The lowest BCUT2D eigenvalue weighted by molar-refractivity contribution is -0.114. The molecule has 0 aliphatic carbocycles. The van der Waals surface area contributed by atoms with Crippen LogP contribution < -0.4 is 14.4 Å². The minimum atomic E-state index is -4.08. The van der Waals surface area contributed by atoms with Gasteiger partial charge in [-0.2, -0.15) is 0 Å². The highest BCUT2D eigenvalue weighted by atomic mass is 35.5. The summed E-state index contributed by atoms with van der Waals surface area (Å²) in [5.74, 6) is -0.706. The molecule has 35 heavy (non-hydrogen) atoms. The first kappa shape index (κ1) is 26.1. The molecule has 0 unspecified atom stereocenters. The predicted octanol–water partition coefficient (Wildman–Crippen LogP) is 4.67. The highest BCUT2D eigenvalue weighted by Gasteiger charge is 2.27. The smallest absolute Gasteiger partial charge is 0.339 e. The number of carbonyl (C=O) groups is 2. The van der Waals surface area contributed by atoms with E-state index in [1.54, 1.807) is 43.3 Å². The largest absolute Gasteiger partial charge is 0.497 e. The zero-order valence-electron chi connectivity index (χ0n) is 19.4. The minimum Gasteiger partial charge on any atom is -0.497 e. The summed E-state index contributed by atoms with van der Waals surface area (Å²) in [6.07, 6.45) is 0. The number of nitrogens with zero attached hydrogens (tertiary/aromatic N) is 1. The van der Waals surface area contributed by atoms with E-state index in [0.717, 1.165) is 9.87 Å². The van der Waals surface area contributed by atoms with Crippen molar-refractivity contribution in [1.82, 2.24) is 0 Å². The number of carbonyl (C=O) groups excluding carboxylic acids is 2. The third-order valence-corrected chi connectivity index (χ3v) is 7.12. The van der Waals surface area contributed by atoms with E-state index in [0.29, 0.717) is 5.75 Å². The first-order valence-corrected chi connectivity index (χ1v) is 12.5. The molecule has 8 nitrogen and oxygen atoms in total. The summed E-state index contributed by atoms with van der Waals surface area (Å²) >= 11 is 6.08. The number of anilines is 2. The molecule has 0 aliphatic rings. The second-order valence-electron chi connectivity index (χ2n) is 7.49. The van der Waals surface area contributed by atoms with Gasteiger partial charge < -0.3 is 14.8 Å². The Morgan fingerprint density at radius 3 is 2.26 bits per heavy atom. The molecule has 0 fully saturated rings. The summed E-state index contributed by atoms with van der Waals surface area (Å²) in [6.45, 7) is 3.17. The Bertz CT molecular complexity index is 1310. The van der Waals surface area contributed by atoms with Gasteiger partial charge in [0, 0.05) is 5.69 Å². The molecule has 0 spiro atoms. The van der Waals surface area contributed by atoms with Crippen LogP contribution in [0.1, 0.15) is 22.8 Å². The third-order valence-electron chi connectivity index (χ3n) is 5.00. The number of aryl methyl sites for hydroxylation is 1. The van der Waals surface area contributed by atoms with Crippen LogP contribution in [0.4, 0.5) is 11.4 Å². The van der Waals surface area contributed by atoms with Gasteiger partial charge in [0.2, 0.25) is 5.91 Å². The highest BCUT2D eigenvalue weighted by Crippen LogP contribution is 2.27. The Morgan fingerprint density at radius 1 is 1.00 bits per heavy atom. The van der Waals surface area contributed by atoms with Gasteiger partial charge in [-0.05, 0) is 68.4 Å². The van der Waals surface area contributed by atoms with Crippen LogP contribution in [0.15, 0.2) is 71.6 Å².